The highest BCUT2D eigenvalue weighted by atomic mass is 35.5. The van der Waals surface area contributed by atoms with E-state index >= 15 is 0 Å². The number of fused-ring (bicyclic) bond motifs is 1. The molecular formula is C14H16ClNO3. The molecule has 4 nitrogen and oxygen atoms in total. The molecule has 1 aromatic carbocycles. The lowest BCUT2D eigenvalue weighted by Gasteiger charge is -2.22. The largest absolute Gasteiger partial charge is 0.388 e. The van der Waals surface area contributed by atoms with Gasteiger partial charge in [-0.1, -0.05) is 11.6 Å². The number of benzene rings is 1. The van der Waals surface area contributed by atoms with Crippen molar-refractivity contribution in [2.45, 2.75) is 32.0 Å². The Morgan fingerprint density at radius 2 is 2.32 bits per heavy atom. The quantitative estimate of drug-likeness (QED) is 0.874. The molecule has 5 heteroatoms. The summed E-state index contributed by atoms with van der Waals surface area (Å²) in [6.45, 7) is 2.64. The van der Waals surface area contributed by atoms with E-state index in [0.29, 0.717) is 23.6 Å². The first-order valence-corrected chi connectivity index (χ1v) is 6.86. The number of hydrogen-bond acceptors (Lipinski definition) is 3. The molecule has 3 rings (SSSR count). The number of nitrogens with one attached hydrogen (secondary N) is 1. The van der Waals surface area contributed by atoms with E-state index in [9.17, 15) is 9.90 Å². The van der Waals surface area contributed by atoms with Gasteiger partial charge in [0, 0.05) is 23.2 Å². The van der Waals surface area contributed by atoms with Gasteiger partial charge in [-0.2, -0.15) is 0 Å². The summed E-state index contributed by atoms with van der Waals surface area (Å²) in [4.78, 5) is 11.4. The van der Waals surface area contributed by atoms with Crippen molar-refractivity contribution in [3.8, 4) is 0 Å². The summed E-state index contributed by atoms with van der Waals surface area (Å²) in [5.41, 5.74) is 2.34. The van der Waals surface area contributed by atoms with Gasteiger partial charge in [-0.15, -0.1) is 0 Å². The van der Waals surface area contributed by atoms with Gasteiger partial charge in [0.05, 0.1) is 18.6 Å². The van der Waals surface area contributed by atoms with Crippen LogP contribution in [0.3, 0.4) is 0 Å². The molecule has 2 heterocycles. The lowest BCUT2D eigenvalue weighted by Crippen LogP contribution is -2.20. The molecule has 0 bridgehead atoms. The fourth-order valence-electron chi connectivity index (χ4n) is 2.89. The average molecular weight is 282 g/mol. The normalized spacial score (nSPS) is 27.2. The number of carbonyl (C=O) groups is 1. The van der Waals surface area contributed by atoms with Crippen molar-refractivity contribution in [2.75, 3.05) is 11.9 Å². The van der Waals surface area contributed by atoms with E-state index in [0.717, 1.165) is 17.7 Å². The van der Waals surface area contributed by atoms with Crippen LogP contribution in [0.25, 0.3) is 0 Å². The minimum Gasteiger partial charge on any atom is -0.388 e. The molecule has 1 aromatic rings. The standard InChI is InChI=1S/C14H16ClNO3/c1-7-9(2-3-19-7)14(18)10-4-8-5-13(17)16-12(8)6-11(10)15/h4,6-7,9,14,18H,2-3,5H2,1H3,(H,16,17). The summed E-state index contributed by atoms with van der Waals surface area (Å²) < 4.78 is 5.49. The van der Waals surface area contributed by atoms with Crippen LogP contribution in [0, 0.1) is 5.92 Å². The summed E-state index contributed by atoms with van der Waals surface area (Å²) in [6, 6.07) is 3.56. The number of hydrogen-bond donors (Lipinski definition) is 2. The molecule has 2 N–H and O–H groups in total. The minimum absolute atomic E-state index is 0.0269. The summed E-state index contributed by atoms with van der Waals surface area (Å²) >= 11 is 6.22. The second kappa shape index (κ2) is 4.78. The van der Waals surface area contributed by atoms with Crippen molar-refractivity contribution in [1.82, 2.24) is 0 Å². The zero-order valence-corrected chi connectivity index (χ0v) is 11.4. The number of aliphatic hydroxyl groups is 1. The lowest BCUT2D eigenvalue weighted by molar-refractivity contribution is -0.115. The van der Waals surface area contributed by atoms with E-state index in [1.165, 1.54) is 0 Å². The van der Waals surface area contributed by atoms with Gasteiger partial charge in [0.2, 0.25) is 5.91 Å². The van der Waals surface area contributed by atoms with Crippen molar-refractivity contribution in [1.29, 1.82) is 0 Å². The van der Waals surface area contributed by atoms with Gasteiger partial charge < -0.3 is 15.2 Å². The number of anilines is 1. The van der Waals surface area contributed by atoms with Crippen molar-refractivity contribution in [2.24, 2.45) is 5.92 Å². The van der Waals surface area contributed by atoms with Gasteiger partial charge in [0.1, 0.15) is 0 Å². The van der Waals surface area contributed by atoms with E-state index in [4.69, 9.17) is 16.3 Å². The summed E-state index contributed by atoms with van der Waals surface area (Å²) in [5.74, 6) is 0.0240. The van der Waals surface area contributed by atoms with Crippen LogP contribution in [0.15, 0.2) is 12.1 Å². The lowest BCUT2D eigenvalue weighted by atomic mass is 9.89. The molecule has 2 aliphatic heterocycles. The Labute approximate surface area is 116 Å². The molecule has 0 radical (unpaired) electrons. The Kier molecular flexibility index (Phi) is 3.25. The highest BCUT2D eigenvalue weighted by molar-refractivity contribution is 6.32. The average Bonchev–Trinajstić information content (AvgIpc) is 2.92. The Morgan fingerprint density at radius 3 is 3.00 bits per heavy atom. The topological polar surface area (TPSA) is 58.6 Å². The third kappa shape index (κ3) is 2.24. The van der Waals surface area contributed by atoms with Crippen LogP contribution < -0.4 is 5.32 Å². The van der Waals surface area contributed by atoms with Gasteiger partial charge in [-0.25, -0.2) is 0 Å². The van der Waals surface area contributed by atoms with Crippen molar-refractivity contribution in [3.05, 3.63) is 28.3 Å². The fraction of sp³-hybridized carbons (Fsp3) is 0.500. The van der Waals surface area contributed by atoms with Crippen LogP contribution in [0.2, 0.25) is 5.02 Å². The predicted octanol–water partition coefficient (Wildman–Crippen LogP) is 2.29. The molecule has 3 unspecified atom stereocenters. The van der Waals surface area contributed by atoms with Crippen LogP contribution in [0.1, 0.15) is 30.6 Å². The van der Waals surface area contributed by atoms with Crippen molar-refractivity contribution >= 4 is 23.2 Å². The van der Waals surface area contributed by atoms with E-state index in [-0.39, 0.29) is 17.9 Å². The maximum absolute atomic E-state index is 11.4. The van der Waals surface area contributed by atoms with E-state index < -0.39 is 6.10 Å². The first-order chi connectivity index (χ1) is 9.06. The molecule has 102 valence electrons. The number of carbonyl (C=O) groups excluding carboxylic acids is 1. The minimum atomic E-state index is -0.647. The van der Waals surface area contributed by atoms with Crippen LogP contribution in [-0.4, -0.2) is 23.7 Å². The Bertz CT molecular complexity index is 532. The Morgan fingerprint density at radius 1 is 1.53 bits per heavy atom. The second-order valence-electron chi connectivity index (χ2n) is 5.23. The molecule has 0 saturated carbocycles. The molecule has 0 aromatic heterocycles. The first kappa shape index (κ1) is 12.9. The second-order valence-corrected chi connectivity index (χ2v) is 5.64. The zero-order chi connectivity index (χ0) is 13.6. The van der Waals surface area contributed by atoms with E-state index in [1.54, 1.807) is 6.07 Å². The third-order valence-electron chi connectivity index (χ3n) is 4.01. The number of ether oxygens (including phenoxy) is 1. The van der Waals surface area contributed by atoms with Crippen molar-refractivity contribution in [3.63, 3.8) is 0 Å². The summed E-state index contributed by atoms with van der Waals surface area (Å²) in [6.07, 6.45) is 0.556. The van der Waals surface area contributed by atoms with Crippen LogP contribution in [0.4, 0.5) is 5.69 Å². The zero-order valence-electron chi connectivity index (χ0n) is 10.6. The monoisotopic (exact) mass is 281 g/mol. The van der Waals surface area contributed by atoms with Gasteiger partial charge in [0.15, 0.2) is 0 Å². The number of halogens is 1. The van der Waals surface area contributed by atoms with E-state index in [1.807, 2.05) is 13.0 Å². The molecule has 1 fully saturated rings. The van der Waals surface area contributed by atoms with Crippen LogP contribution in [-0.2, 0) is 16.0 Å². The van der Waals surface area contributed by atoms with E-state index in [2.05, 4.69) is 5.32 Å². The molecular weight excluding hydrogens is 266 g/mol. The molecule has 1 saturated heterocycles. The van der Waals surface area contributed by atoms with Crippen LogP contribution >= 0.6 is 11.6 Å². The number of amides is 1. The molecule has 0 spiro atoms. The molecule has 0 aliphatic carbocycles. The van der Waals surface area contributed by atoms with Gasteiger partial charge >= 0.3 is 0 Å². The fourth-order valence-corrected chi connectivity index (χ4v) is 3.16. The van der Waals surface area contributed by atoms with Crippen LogP contribution in [0.5, 0.6) is 0 Å². The number of rotatable bonds is 2. The summed E-state index contributed by atoms with van der Waals surface area (Å²) in [5, 5.41) is 13.7. The van der Waals surface area contributed by atoms with Gasteiger partial charge in [-0.3, -0.25) is 4.79 Å². The predicted molar refractivity (Wildman–Crippen MR) is 72.3 cm³/mol. The SMILES string of the molecule is CC1OCCC1C(O)c1cc2c(cc1Cl)NC(=O)C2. The molecule has 19 heavy (non-hydrogen) atoms. The Hall–Kier alpha value is -1.10. The summed E-state index contributed by atoms with van der Waals surface area (Å²) in [7, 11) is 0. The highest BCUT2D eigenvalue weighted by Crippen LogP contribution is 2.39. The molecule has 3 atom stereocenters. The maximum Gasteiger partial charge on any atom is 0.228 e. The first-order valence-electron chi connectivity index (χ1n) is 6.48. The van der Waals surface area contributed by atoms with Gasteiger partial charge in [-0.05, 0) is 36.6 Å². The smallest absolute Gasteiger partial charge is 0.228 e. The van der Waals surface area contributed by atoms with Crippen molar-refractivity contribution < 1.29 is 14.6 Å². The molecule has 2 aliphatic rings. The number of aliphatic hydroxyl groups excluding tert-OH is 1. The Balaban J connectivity index is 1.93. The molecule has 1 amide bonds. The van der Waals surface area contributed by atoms with Gasteiger partial charge in [0.25, 0.3) is 0 Å². The highest BCUT2D eigenvalue weighted by Gasteiger charge is 2.33. The third-order valence-corrected chi connectivity index (χ3v) is 4.33. The maximum atomic E-state index is 11.4.